The number of aliphatic carboxylic acids is 1. The number of hydrogen-bond acceptors (Lipinski definition) is 3. The van der Waals surface area contributed by atoms with Crippen molar-refractivity contribution < 1.29 is 19.4 Å². The first-order valence-corrected chi connectivity index (χ1v) is 6.68. The zero-order valence-corrected chi connectivity index (χ0v) is 12.1. The van der Waals surface area contributed by atoms with Gasteiger partial charge < -0.3 is 14.6 Å². The quantitative estimate of drug-likeness (QED) is 0.884. The van der Waals surface area contributed by atoms with Crippen molar-refractivity contribution >= 4 is 5.97 Å². The number of carboxylic acid groups (broad SMARTS) is 1. The monoisotopic (exact) mass is 286 g/mol. The second-order valence-electron chi connectivity index (χ2n) is 4.59. The molecule has 1 N–H and O–H groups in total. The lowest BCUT2D eigenvalue weighted by Gasteiger charge is -2.17. The van der Waals surface area contributed by atoms with Crippen LogP contribution in [0, 0.1) is 0 Å². The van der Waals surface area contributed by atoms with Gasteiger partial charge in [-0.05, 0) is 23.6 Å². The fourth-order valence-electron chi connectivity index (χ4n) is 2.33. The summed E-state index contributed by atoms with van der Waals surface area (Å²) >= 11 is 0. The highest BCUT2D eigenvalue weighted by molar-refractivity contribution is 5.79. The molecule has 0 spiro atoms. The summed E-state index contributed by atoms with van der Waals surface area (Å²) in [5.41, 5.74) is 2.69. The Morgan fingerprint density at radius 3 is 2.33 bits per heavy atom. The summed E-state index contributed by atoms with van der Waals surface area (Å²) < 4.78 is 11.0. The second kappa shape index (κ2) is 6.79. The molecule has 21 heavy (non-hydrogen) atoms. The number of aryl methyl sites for hydroxylation is 1. The summed E-state index contributed by atoms with van der Waals surface area (Å²) in [6, 6.07) is 13.5. The van der Waals surface area contributed by atoms with E-state index in [9.17, 15) is 4.79 Å². The van der Waals surface area contributed by atoms with Gasteiger partial charge in [-0.1, -0.05) is 36.4 Å². The SMILES string of the molecule is COc1ccc(CCC(=O)O)c(OC)c1-c1ccccc1. The predicted octanol–water partition coefficient (Wildman–Crippen LogP) is 3.39. The molecule has 2 rings (SSSR count). The molecule has 2 aromatic rings. The Labute approximate surface area is 123 Å². The number of carbonyl (C=O) groups is 1. The Balaban J connectivity index is 2.54. The molecule has 0 aliphatic rings. The summed E-state index contributed by atoms with van der Waals surface area (Å²) in [6.45, 7) is 0. The van der Waals surface area contributed by atoms with E-state index in [1.165, 1.54) is 0 Å². The molecule has 110 valence electrons. The molecule has 0 atom stereocenters. The maximum Gasteiger partial charge on any atom is 0.303 e. The molecule has 0 aliphatic carbocycles. The number of carboxylic acids is 1. The predicted molar refractivity (Wildman–Crippen MR) is 80.9 cm³/mol. The maximum atomic E-state index is 10.8. The summed E-state index contributed by atoms with van der Waals surface area (Å²) in [5.74, 6) is 0.549. The highest BCUT2D eigenvalue weighted by atomic mass is 16.5. The van der Waals surface area contributed by atoms with Crippen molar-refractivity contribution in [3.8, 4) is 22.6 Å². The van der Waals surface area contributed by atoms with Crippen molar-refractivity contribution in [3.63, 3.8) is 0 Å². The molecule has 0 unspecified atom stereocenters. The number of methoxy groups -OCH3 is 2. The van der Waals surface area contributed by atoms with Crippen molar-refractivity contribution in [1.29, 1.82) is 0 Å². The molecule has 0 fully saturated rings. The van der Waals surface area contributed by atoms with Crippen LogP contribution < -0.4 is 9.47 Å². The molecule has 0 bridgehead atoms. The molecule has 0 radical (unpaired) electrons. The molecule has 2 aromatic carbocycles. The van der Waals surface area contributed by atoms with E-state index in [1.54, 1.807) is 14.2 Å². The molecule has 0 saturated carbocycles. The van der Waals surface area contributed by atoms with Gasteiger partial charge in [-0.2, -0.15) is 0 Å². The summed E-state index contributed by atoms with van der Waals surface area (Å²) in [7, 11) is 3.20. The van der Waals surface area contributed by atoms with E-state index < -0.39 is 5.97 Å². The fourth-order valence-corrected chi connectivity index (χ4v) is 2.33. The van der Waals surface area contributed by atoms with Crippen LogP contribution in [0.3, 0.4) is 0 Å². The minimum Gasteiger partial charge on any atom is -0.496 e. The minimum atomic E-state index is -0.825. The Kier molecular flexibility index (Phi) is 4.82. The molecular formula is C17H18O4. The van der Waals surface area contributed by atoms with Crippen LogP contribution in [0.25, 0.3) is 11.1 Å². The second-order valence-corrected chi connectivity index (χ2v) is 4.59. The van der Waals surface area contributed by atoms with Crippen LogP contribution >= 0.6 is 0 Å². The van der Waals surface area contributed by atoms with E-state index in [2.05, 4.69) is 0 Å². The van der Waals surface area contributed by atoms with Gasteiger partial charge in [0.15, 0.2) is 0 Å². The smallest absolute Gasteiger partial charge is 0.303 e. The third-order valence-electron chi connectivity index (χ3n) is 3.30. The van der Waals surface area contributed by atoms with Crippen LogP contribution in [-0.4, -0.2) is 25.3 Å². The molecule has 4 heteroatoms. The largest absolute Gasteiger partial charge is 0.496 e. The zero-order chi connectivity index (χ0) is 15.2. The van der Waals surface area contributed by atoms with Gasteiger partial charge in [0.05, 0.1) is 19.8 Å². The fraction of sp³-hybridized carbons (Fsp3) is 0.235. The maximum absolute atomic E-state index is 10.8. The van der Waals surface area contributed by atoms with Gasteiger partial charge in [-0.15, -0.1) is 0 Å². The van der Waals surface area contributed by atoms with Crippen molar-refractivity contribution in [1.82, 2.24) is 0 Å². The average molecular weight is 286 g/mol. The summed E-state index contributed by atoms with van der Waals surface area (Å²) in [6.07, 6.45) is 0.485. The third-order valence-corrected chi connectivity index (χ3v) is 3.30. The molecule has 0 amide bonds. The van der Waals surface area contributed by atoms with Crippen LogP contribution in [0.1, 0.15) is 12.0 Å². The first-order chi connectivity index (χ1) is 10.2. The highest BCUT2D eigenvalue weighted by Crippen LogP contribution is 2.41. The molecule has 0 aromatic heterocycles. The van der Waals surface area contributed by atoms with Gasteiger partial charge in [-0.3, -0.25) is 4.79 Å². The highest BCUT2D eigenvalue weighted by Gasteiger charge is 2.17. The van der Waals surface area contributed by atoms with Gasteiger partial charge >= 0.3 is 5.97 Å². The van der Waals surface area contributed by atoms with Crippen molar-refractivity contribution in [2.75, 3.05) is 14.2 Å². The lowest BCUT2D eigenvalue weighted by Crippen LogP contribution is -2.02. The van der Waals surface area contributed by atoms with Crippen molar-refractivity contribution in [3.05, 3.63) is 48.0 Å². The van der Waals surface area contributed by atoms with Gasteiger partial charge in [0.2, 0.25) is 0 Å². The van der Waals surface area contributed by atoms with Gasteiger partial charge in [-0.25, -0.2) is 0 Å². The van der Waals surface area contributed by atoms with E-state index in [0.29, 0.717) is 17.9 Å². The Bertz CT molecular complexity index is 620. The van der Waals surface area contributed by atoms with E-state index >= 15 is 0 Å². The lowest BCUT2D eigenvalue weighted by molar-refractivity contribution is -0.136. The topological polar surface area (TPSA) is 55.8 Å². The standard InChI is InChI=1S/C17H18O4/c1-20-14-10-8-13(9-11-15(18)19)17(21-2)16(14)12-6-4-3-5-7-12/h3-8,10H,9,11H2,1-2H3,(H,18,19). The van der Waals surface area contributed by atoms with Crippen LogP contribution in [0.4, 0.5) is 0 Å². The molecular weight excluding hydrogens is 268 g/mol. The third kappa shape index (κ3) is 3.34. The van der Waals surface area contributed by atoms with Crippen LogP contribution in [0.2, 0.25) is 0 Å². The normalized spacial score (nSPS) is 10.2. The van der Waals surface area contributed by atoms with E-state index in [1.807, 2.05) is 42.5 Å². The summed E-state index contributed by atoms with van der Waals surface area (Å²) in [4.78, 5) is 10.8. The molecule has 0 saturated heterocycles. The first-order valence-electron chi connectivity index (χ1n) is 6.68. The lowest BCUT2D eigenvalue weighted by atomic mass is 9.98. The van der Waals surface area contributed by atoms with Crippen molar-refractivity contribution in [2.24, 2.45) is 0 Å². The van der Waals surface area contributed by atoms with E-state index in [-0.39, 0.29) is 6.42 Å². The Hall–Kier alpha value is -2.49. The van der Waals surface area contributed by atoms with Crippen LogP contribution in [0.15, 0.2) is 42.5 Å². The van der Waals surface area contributed by atoms with Gasteiger partial charge in [0.1, 0.15) is 11.5 Å². The Morgan fingerprint density at radius 2 is 1.76 bits per heavy atom. The molecule has 0 aliphatic heterocycles. The van der Waals surface area contributed by atoms with Crippen LogP contribution in [-0.2, 0) is 11.2 Å². The summed E-state index contributed by atoms with van der Waals surface area (Å²) in [5, 5.41) is 8.86. The van der Waals surface area contributed by atoms with E-state index in [0.717, 1.165) is 16.7 Å². The number of ether oxygens (including phenoxy) is 2. The number of hydrogen-bond donors (Lipinski definition) is 1. The van der Waals surface area contributed by atoms with E-state index in [4.69, 9.17) is 14.6 Å². The van der Waals surface area contributed by atoms with Gasteiger partial charge in [0.25, 0.3) is 0 Å². The Morgan fingerprint density at radius 1 is 1.05 bits per heavy atom. The van der Waals surface area contributed by atoms with Crippen LogP contribution in [0.5, 0.6) is 11.5 Å². The number of rotatable bonds is 6. The van der Waals surface area contributed by atoms with Gasteiger partial charge in [0, 0.05) is 6.42 Å². The molecule has 4 nitrogen and oxygen atoms in total. The number of benzene rings is 2. The first kappa shape index (κ1) is 14.9. The average Bonchev–Trinajstić information content (AvgIpc) is 2.52. The minimum absolute atomic E-state index is 0.0664. The van der Waals surface area contributed by atoms with Crippen molar-refractivity contribution in [2.45, 2.75) is 12.8 Å². The zero-order valence-electron chi connectivity index (χ0n) is 12.1. The molecule has 0 heterocycles.